The molecule has 1 aromatic heterocycles. The lowest BCUT2D eigenvalue weighted by Crippen LogP contribution is -2.29. The third kappa shape index (κ3) is 9.42. The Morgan fingerprint density at radius 1 is 0.521 bits per heavy atom. The van der Waals surface area contributed by atoms with Crippen molar-refractivity contribution >= 4 is 92.2 Å². The number of halogens is 2. The second-order valence-electron chi connectivity index (χ2n) is 9.71. The molecular formula is C32H25FIN9O5. The number of carbonyl (C=O) groups excluding carboxylic acids is 4. The average Bonchev–Trinajstić information content (AvgIpc) is 3.07. The fourth-order valence-corrected chi connectivity index (χ4v) is 4.31. The van der Waals surface area contributed by atoms with Gasteiger partial charge in [-0.1, -0.05) is 0 Å². The summed E-state index contributed by atoms with van der Waals surface area (Å²) < 4.78 is 20.3. The zero-order chi connectivity index (χ0) is 34.0. The Labute approximate surface area is 286 Å². The van der Waals surface area contributed by atoms with Crippen LogP contribution in [0.4, 0.5) is 50.4 Å². The van der Waals surface area contributed by atoms with Crippen molar-refractivity contribution in [1.82, 2.24) is 15.0 Å². The molecule has 0 saturated heterocycles. The van der Waals surface area contributed by atoms with E-state index in [1.165, 1.54) is 31.4 Å². The van der Waals surface area contributed by atoms with Gasteiger partial charge in [0.1, 0.15) is 5.75 Å². The summed E-state index contributed by atoms with van der Waals surface area (Å²) >= 11 is 2.13. The number of hydrogen-bond donors (Lipinski definition) is 6. The lowest BCUT2D eigenvalue weighted by atomic mass is 10.2. The van der Waals surface area contributed by atoms with Crippen LogP contribution in [0, 0.1) is 9.65 Å². The Bertz CT molecular complexity index is 1940. The summed E-state index contributed by atoms with van der Waals surface area (Å²) in [6, 6.07) is 25.9. The Morgan fingerprint density at radius 2 is 0.833 bits per heavy atom. The molecule has 0 unspecified atom stereocenters. The minimum atomic E-state index is -1.05. The molecule has 4 aromatic carbocycles. The molecule has 0 aliphatic carbocycles. The van der Waals surface area contributed by atoms with Crippen LogP contribution in [-0.4, -0.2) is 45.7 Å². The molecule has 5 rings (SSSR count). The number of nitrogens with one attached hydrogen (secondary N) is 6. The molecule has 0 radical (unpaired) electrons. The summed E-state index contributed by atoms with van der Waals surface area (Å²) in [7, 11) is 1.52. The molecule has 5 aromatic rings. The van der Waals surface area contributed by atoms with E-state index in [9.17, 15) is 23.6 Å². The number of nitrogens with zero attached hydrogens (tertiary/aromatic N) is 3. The normalized spacial score (nSPS) is 10.3. The summed E-state index contributed by atoms with van der Waals surface area (Å²) in [5, 5.41) is 15.7. The van der Waals surface area contributed by atoms with E-state index in [4.69, 9.17) is 4.74 Å². The smallest absolute Gasteiger partial charge is 0.315 e. The predicted molar refractivity (Wildman–Crippen MR) is 186 cm³/mol. The molecule has 6 N–H and O–H groups in total. The molecule has 0 spiro atoms. The van der Waals surface area contributed by atoms with Gasteiger partial charge in [0.05, 0.1) is 7.11 Å². The number of anilines is 8. The number of rotatable bonds is 9. The van der Waals surface area contributed by atoms with E-state index in [2.05, 4.69) is 69.4 Å². The molecule has 0 bridgehead atoms. The minimum absolute atomic E-state index is 0.106. The number of ether oxygens (including phenoxy) is 1. The van der Waals surface area contributed by atoms with Gasteiger partial charge in [-0.25, -0.2) is 0 Å². The van der Waals surface area contributed by atoms with E-state index in [1.54, 1.807) is 72.8 Å². The summed E-state index contributed by atoms with van der Waals surface area (Å²) in [6.07, 6.45) is -1.05. The first-order chi connectivity index (χ1) is 23.1. The van der Waals surface area contributed by atoms with E-state index in [-0.39, 0.29) is 11.9 Å². The first-order valence-corrected chi connectivity index (χ1v) is 15.0. The fraction of sp³-hybridized carbons (Fsp3) is 0.0312. The van der Waals surface area contributed by atoms with Crippen LogP contribution in [0.1, 0.15) is 0 Å². The monoisotopic (exact) mass is 761 g/mol. The molecule has 14 nitrogen and oxygen atoms in total. The molecule has 0 atom stereocenters. The number of aromatic nitrogens is 3. The van der Waals surface area contributed by atoms with Crippen LogP contribution < -0.4 is 36.6 Å². The first kappa shape index (κ1) is 33.2. The third-order valence-corrected chi connectivity index (χ3v) is 6.99. The summed E-state index contributed by atoms with van der Waals surface area (Å²) in [5.41, 5.74) is 2.52. The quantitative estimate of drug-likeness (QED) is 0.0854. The lowest BCUT2D eigenvalue weighted by Gasteiger charge is -2.10. The van der Waals surface area contributed by atoms with Crippen molar-refractivity contribution in [1.29, 1.82) is 0 Å². The molecule has 242 valence electrons. The zero-order valence-corrected chi connectivity index (χ0v) is 27.0. The van der Waals surface area contributed by atoms with Gasteiger partial charge in [-0.3, -0.25) is 19.2 Å². The van der Waals surface area contributed by atoms with Gasteiger partial charge in [0.2, 0.25) is 11.9 Å². The van der Waals surface area contributed by atoms with E-state index in [0.717, 1.165) is 3.57 Å². The highest BCUT2D eigenvalue weighted by Crippen LogP contribution is 2.21. The van der Waals surface area contributed by atoms with Crippen molar-refractivity contribution in [3.63, 3.8) is 0 Å². The summed E-state index contributed by atoms with van der Waals surface area (Å²) in [5.74, 6) is -3.02. The van der Waals surface area contributed by atoms with Crippen LogP contribution in [0.3, 0.4) is 0 Å². The first-order valence-electron chi connectivity index (χ1n) is 13.9. The Morgan fingerprint density at radius 3 is 1.19 bits per heavy atom. The summed E-state index contributed by atoms with van der Waals surface area (Å²) in [4.78, 5) is 60.6. The Kier molecular flexibility index (Phi) is 10.7. The zero-order valence-electron chi connectivity index (χ0n) is 24.9. The van der Waals surface area contributed by atoms with Crippen LogP contribution in [0.15, 0.2) is 97.1 Å². The fourth-order valence-electron chi connectivity index (χ4n) is 3.95. The second kappa shape index (κ2) is 15.4. The molecule has 48 heavy (non-hydrogen) atoms. The molecule has 16 heteroatoms. The number of benzene rings is 4. The van der Waals surface area contributed by atoms with E-state index < -0.39 is 29.7 Å². The van der Waals surface area contributed by atoms with Crippen LogP contribution in [0.25, 0.3) is 0 Å². The molecule has 0 saturated carbocycles. The largest absolute Gasteiger partial charge is 0.497 e. The molecule has 0 fully saturated rings. The molecular weight excluding hydrogens is 736 g/mol. The number of amides is 4. The Hall–Kier alpha value is -6.17. The van der Waals surface area contributed by atoms with Gasteiger partial charge in [-0.15, -0.1) is 0 Å². The van der Waals surface area contributed by atoms with Gasteiger partial charge in [0, 0.05) is 37.7 Å². The van der Waals surface area contributed by atoms with Gasteiger partial charge in [0.15, 0.2) is 0 Å². The van der Waals surface area contributed by atoms with E-state index in [1.807, 2.05) is 0 Å². The van der Waals surface area contributed by atoms with Gasteiger partial charge < -0.3 is 36.6 Å². The maximum atomic E-state index is 14.3. The summed E-state index contributed by atoms with van der Waals surface area (Å²) in [6.45, 7) is 0. The number of hydrogen-bond acceptors (Lipinski definition) is 10. The Balaban J connectivity index is 1.13. The molecule has 0 aliphatic rings. The van der Waals surface area contributed by atoms with Crippen LogP contribution in [-0.2, 0) is 19.2 Å². The van der Waals surface area contributed by atoms with Crippen molar-refractivity contribution in [3.05, 3.63) is 107 Å². The van der Waals surface area contributed by atoms with Crippen molar-refractivity contribution < 1.29 is 28.3 Å². The predicted octanol–water partition coefficient (Wildman–Crippen LogP) is 5.27. The standard InChI is InChI=1S/C32H25FIN9O5/c1-48-25-16-14-22(15-17-25)38-29(47)28(46)37-21-8-12-24(13-9-21)40-32-42-30(33)41-31(43-32)39-23-10-6-20(7-11-23)36-27(45)26(44)35-19-4-2-18(34)3-5-19/h2-17H,1H3,(H,35,44)(H,36,45)(H,37,46)(H,38,47)(H2,39,40,41,42,43). The van der Waals surface area contributed by atoms with Crippen molar-refractivity contribution in [2.45, 2.75) is 0 Å². The van der Waals surface area contributed by atoms with Crippen molar-refractivity contribution in [2.75, 3.05) is 39.0 Å². The maximum absolute atomic E-state index is 14.3. The van der Waals surface area contributed by atoms with E-state index in [0.29, 0.717) is 39.9 Å². The van der Waals surface area contributed by atoms with Gasteiger partial charge >= 0.3 is 29.7 Å². The third-order valence-electron chi connectivity index (χ3n) is 6.27. The number of methoxy groups -OCH3 is 1. The molecule has 0 aliphatic heterocycles. The lowest BCUT2D eigenvalue weighted by molar-refractivity contribution is -0.132. The molecule has 1 heterocycles. The van der Waals surface area contributed by atoms with Crippen LogP contribution in [0.5, 0.6) is 5.75 Å². The highest BCUT2D eigenvalue weighted by Gasteiger charge is 2.16. The van der Waals surface area contributed by atoms with E-state index >= 15 is 0 Å². The van der Waals surface area contributed by atoms with Crippen molar-refractivity contribution in [3.8, 4) is 5.75 Å². The minimum Gasteiger partial charge on any atom is -0.497 e. The molecule has 4 amide bonds. The highest BCUT2D eigenvalue weighted by molar-refractivity contribution is 14.1. The van der Waals surface area contributed by atoms with Gasteiger partial charge in [-0.05, 0) is 120 Å². The van der Waals surface area contributed by atoms with Crippen LogP contribution in [0.2, 0.25) is 0 Å². The second-order valence-corrected chi connectivity index (χ2v) is 11.0. The maximum Gasteiger partial charge on any atom is 0.315 e. The van der Waals surface area contributed by atoms with Gasteiger partial charge in [0.25, 0.3) is 0 Å². The average molecular weight is 762 g/mol. The topological polar surface area (TPSA) is 188 Å². The van der Waals surface area contributed by atoms with Crippen molar-refractivity contribution in [2.24, 2.45) is 0 Å². The van der Waals surface area contributed by atoms with Crippen LogP contribution >= 0.6 is 22.6 Å². The number of carbonyl (C=O) groups is 4. The van der Waals surface area contributed by atoms with Gasteiger partial charge in [-0.2, -0.15) is 19.3 Å². The SMILES string of the molecule is COc1ccc(NC(=O)C(=O)Nc2ccc(Nc3nc(F)nc(Nc4ccc(NC(=O)C(=O)Nc5ccc(I)cc5)cc4)n3)cc2)cc1. The highest BCUT2D eigenvalue weighted by atomic mass is 127.